The lowest BCUT2D eigenvalue weighted by molar-refractivity contribution is 0.0697. The second-order valence-corrected chi connectivity index (χ2v) is 4.98. The summed E-state index contributed by atoms with van der Waals surface area (Å²) in [7, 11) is 0. The Bertz CT molecular complexity index is 594. The van der Waals surface area contributed by atoms with E-state index < -0.39 is 5.97 Å². The molecule has 7 nitrogen and oxygen atoms in total. The third-order valence-electron chi connectivity index (χ3n) is 2.60. The summed E-state index contributed by atoms with van der Waals surface area (Å²) in [6.07, 6.45) is 0.296. The van der Waals surface area contributed by atoms with Gasteiger partial charge in [0.15, 0.2) is 0 Å². The van der Waals surface area contributed by atoms with Gasteiger partial charge in [0.1, 0.15) is 0 Å². The molecule has 3 rings (SSSR count). The Kier molecular flexibility index (Phi) is 3.18. The minimum absolute atomic E-state index is 0.234. The highest BCUT2D eigenvalue weighted by Crippen LogP contribution is 2.23. The van der Waals surface area contributed by atoms with E-state index in [9.17, 15) is 4.79 Å². The van der Waals surface area contributed by atoms with Gasteiger partial charge < -0.3 is 9.84 Å². The zero-order chi connectivity index (χ0) is 13.2. The quantitative estimate of drug-likeness (QED) is 0.640. The van der Waals surface area contributed by atoms with Crippen molar-refractivity contribution in [2.45, 2.75) is 11.3 Å². The van der Waals surface area contributed by atoms with Gasteiger partial charge in [0, 0.05) is 5.75 Å². The molecule has 1 aromatic carbocycles. The summed E-state index contributed by atoms with van der Waals surface area (Å²) in [5.41, 5.74) is 0.964. The Morgan fingerprint density at radius 1 is 1.47 bits per heavy atom. The van der Waals surface area contributed by atoms with E-state index in [0.717, 1.165) is 18.0 Å². The molecule has 0 spiro atoms. The van der Waals surface area contributed by atoms with E-state index in [1.807, 2.05) is 0 Å². The highest BCUT2D eigenvalue weighted by atomic mass is 32.2. The fourth-order valence-electron chi connectivity index (χ4n) is 1.51. The zero-order valence-electron chi connectivity index (χ0n) is 9.76. The predicted molar refractivity (Wildman–Crippen MR) is 66.6 cm³/mol. The van der Waals surface area contributed by atoms with E-state index in [1.165, 1.54) is 23.9 Å². The molecule has 8 heteroatoms. The molecule has 1 aromatic heterocycles. The number of aromatic nitrogens is 4. The van der Waals surface area contributed by atoms with Crippen LogP contribution in [0.2, 0.25) is 0 Å². The van der Waals surface area contributed by atoms with Crippen LogP contribution in [-0.2, 0) is 4.74 Å². The average molecular weight is 278 g/mol. The Morgan fingerprint density at radius 3 is 2.84 bits per heavy atom. The molecular weight excluding hydrogens is 268 g/mol. The van der Waals surface area contributed by atoms with Crippen LogP contribution >= 0.6 is 11.8 Å². The van der Waals surface area contributed by atoms with Gasteiger partial charge in [-0.1, -0.05) is 11.8 Å². The number of hydrogen-bond donors (Lipinski definition) is 1. The fraction of sp³-hybridized carbons (Fsp3) is 0.273. The highest BCUT2D eigenvalue weighted by Gasteiger charge is 2.23. The number of nitrogens with zero attached hydrogens (tertiary/aromatic N) is 4. The number of carboxylic acid groups (broad SMARTS) is 1. The number of tetrazole rings is 1. The van der Waals surface area contributed by atoms with Gasteiger partial charge >= 0.3 is 5.97 Å². The van der Waals surface area contributed by atoms with E-state index in [2.05, 4.69) is 15.5 Å². The number of thioether (sulfide) groups is 1. The van der Waals surface area contributed by atoms with Crippen molar-refractivity contribution in [3.8, 4) is 5.69 Å². The van der Waals surface area contributed by atoms with Crippen molar-refractivity contribution >= 4 is 17.7 Å². The highest BCUT2D eigenvalue weighted by molar-refractivity contribution is 7.99. The van der Waals surface area contributed by atoms with Crippen LogP contribution in [-0.4, -0.2) is 49.7 Å². The molecule has 0 bridgehead atoms. The Balaban J connectivity index is 1.80. The van der Waals surface area contributed by atoms with Crippen LogP contribution in [0.1, 0.15) is 10.4 Å². The Labute approximate surface area is 112 Å². The summed E-state index contributed by atoms with van der Waals surface area (Å²) in [5, 5.41) is 21.0. The molecule has 2 aromatic rings. The summed E-state index contributed by atoms with van der Waals surface area (Å²) in [6.45, 7) is 0.794. The SMILES string of the molecule is O=C(O)c1ccc(-n2nnnc2SCC2CO2)cc1. The number of carboxylic acids is 1. The minimum Gasteiger partial charge on any atom is -0.478 e. The summed E-state index contributed by atoms with van der Waals surface area (Å²) in [5.74, 6) is -0.142. The number of aromatic carboxylic acids is 1. The molecule has 0 amide bonds. The smallest absolute Gasteiger partial charge is 0.335 e. The molecular formula is C11H10N4O3S. The van der Waals surface area contributed by atoms with Gasteiger partial charge in [-0.3, -0.25) is 0 Å². The third kappa shape index (κ3) is 2.74. The van der Waals surface area contributed by atoms with Gasteiger partial charge in [-0.25, -0.2) is 4.79 Å². The Hall–Kier alpha value is -1.93. The minimum atomic E-state index is -0.955. The van der Waals surface area contributed by atoms with Gasteiger partial charge in [0.25, 0.3) is 0 Å². The molecule has 0 radical (unpaired) electrons. The number of rotatable bonds is 5. The van der Waals surface area contributed by atoms with Crippen LogP contribution in [0.25, 0.3) is 5.69 Å². The lowest BCUT2D eigenvalue weighted by Crippen LogP contribution is -2.02. The summed E-state index contributed by atoms with van der Waals surface area (Å²) in [4.78, 5) is 10.8. The molecule has 1 saturated heterocycles. The zero-order valence-corrected chi connectivity index (χ0v) is 10.6. The molecule has 2 heterocycles. The number of carbonyl (C=O) groups is 1. The fourth-order valence-corrected chi connectivity index (χ4v) is 2.39. The van der Waals surface area contributed by atoms with Crippen molar-refractivity contribution in [1.82, 2.24) is 20.2 Å². The van der Waals surface area contributed by atoms with Crippen LogP contribution in [0.5, 0.6) is 0 Å². The second kappa shape index (κ2) is 4.98. The van der Waals surface area contributed by atoms with Gasteiger partial charge in [-0.05, 0) is 34.7 Å². The second-order valence-electron chi connectivity index (χ2n) is 3.99. The summed E-state index contributed by atoms with van der Waals surface area (Å²) in [6, 6.07) is 6.41. The van der Waals surface area contributed by atoms with Crippen LogP contribution in [0.4, 0.5) is 0 Å². The number of ether oxygens (including phenoxy) is 1. The molecule has 0 aliphatic carbocycles. The molecule has 1 N–H and O–H groups in total. The first-order valence-corrected chi connectivity index (χ1v) is 6.59. The first-order valence-electron chi connectivity index (χ1n) is 5.60. The lowest BCUT2D eigenvalue weighted by atomic mass is 10.2. The molecule has 1 unspecified atom stereocenters. The average Bonchev–Trinajstić information content (AvgIpc) is 3.13. The maximum absolute atomic E-state index is 10.8. The predicted octanol–water partition coefficient (Wildman–Crippen LogP) is 0.851. The molecule has 1 atom stereocenters. The Morgan fingerprint density at radius 2 is 2.21 bits per heavy atom. The van der Waals surface area contributed by atoms with Gasteiger partial charge in [0.2, 0.25) is 5.16 Å². The maximum Gasteiger partial charge on any atom is 0.335 e. The topological polar surface area (TPSA) is 93.4 Å². The number of epoxide rings is 1. The molecule has 1 fully saturated rings. The van der Waals surface area contributed by atoms with Crippen molar-refractivity contribution in [2.24, 2.45) is 0 Å². The van der Waals surface area contributed by atoms with E-state index in [1.54, 1.807) is 16.8 Å². The first-order chi connectivity index (χ1) is 9.24. The van der Waals surface area contributed by atoms with Crippen LogP contribution in [0.3, 0.4) is 0 Å². The molecule has 1 aliphatic heterocycles. The van der Waals surface area contributed by atoms with Crippen molar-refractivity contribution < 1.29 is 14.6 Å². The molecule has 98 valence electrons. The van der Waals surface area contributed by atoms with E-state index in [4.69, 9.17) is 9.84 Å². The van der Waals surface area contributed by atoms with E-state index >= 15 is 0 Å². The molecule has 1 aliphatic rings. The summed E-state index contributed by atoms with van der Waals surface area (Å²) >= 11 is 1.52. The van der Waals surface area contributed by atoms with Gasteiger partial charge in [0.05, 0.1) is 24.0 Å². The van der Waals surface area contributed by atoms with E-state index in [-0.39, 0.29) is 5.56 Å². The van der Waals surface area contributed by atoms with Crippen molar-refractivity contribution in [2.75, 3.05) is 12.4 Å². The van der Waals surface area contributed by atoms with Crippen LogP contribution in [0, 0.1) is 0 Å². The molecule has 0 saturated carbocycles. The largest absolute Gasteiger partial charge is 0.478 e. The number of hydrogen-bond acceptors (Lipinski definition) is 6. The van der Waals surface area contributed by atoms with Crippen molar-refractivity contribution in [1.29, 1.82) is 0 Å². The van der Waals surface area contributed by atoms with Crippen LogP contribution < -0.4 is 0 Å². The van der Waals surface area contributed by atoms with Crippen molar-refractivity contribution in [3.05, 3.63) is 29.8 Å². The first kappa shape index (κ1) is 12.1. The van der Waals surface area contributed by atoms with Gasteiger partial charge in [-0.15, -0.1) is 5.10 Å². The molecule has 19 heavy (non-hydrogen) atoms. The van der Waals surface area contributed by atoms with E-state index in [0.29, 0.717) is 11.3 Å². The van der Waals surface area contributed by atoms with Crippen molar-refractivity contribution in [3.63, 3.8) is 0 Å². The summed E-state index contributed by atoms with van der Waals surface area (Å²) < 4.78 is 6.71. The monoisotopic (exact) mass is 278 g/mol. The normalized spacial score (nSPS) is 17.4. The number of benzene rings is 1. The van der Waals surface area contributed by atoms with Crippen LogP contribution in [0.15, 0.2) is 29.4 Å². The third-order valence-corrected chi connectivity index (χ3v) is 3.65. The standard InChI is InChI=1S/C11H10N4O3S/c16-10(17)7-1-3-8(4-2-7)15-11(12-13-14-15)19-6-9-5-18-9/h1-4,9H,5-6H2,(H,16,17). The van der Waals surface area contributed by atoms with Gasteiger partial charge in [-0.2, -0.15) is 4.68 Å². The lowest BCUT2D eigenvalue weighted by Gasteiger charge is -2.03. The maximum atomic E-state index is 10.8.